The minimum Gasteiger partial charge on any atom is -0.454 e. The Morgan fingerprint density at radius 3 is 1.44 bits per heavy atom. The average molecular weight is 529 g/mol. The lowest BCUT2D eigenvalue weighted by atomic mass is 9.61. The van der Waals surface area contributed by atoms with Crippen LogP contribution in [0.3, 0.4) is 0 Å². The number of ether oxygens (including phenoxy) is 2. The average Bonchev–Trinajstić information content (AvgIpc) is 2.93. The summed E-state index contributed by atoms with van der Waals surface area (Å²) in [6.07, 6.45) is -6.73. The van der Waals surface area contributed by atoms with Gasteiger partial charge in [0, 0.05) is 0 Å². The first-order valence-electron chi connectivity index (χ1n) is 12.6. The van der Waals surface area contributed by atoms with Gasteiger partial charge in [-0.25, -0.2) is 9.59 Å². The maximum absolute atomic E-state index is 13.7. The molecule has 2 atom stereocenters. The molecule has 0 heterocycles. The Morgan fingerprint density at radius 2 is 0.974 bits per heavy atom. The highest BCUT2D eigenvalue weighted by atomic mass is 19.4. The van der Waals surface area contributed by atoms with Crippen LogP contribution < -0.4 is 0 Å². The van der Waals surface area contributed by atoms with Crippen molar-refractivity contribution in [2.75, 3.05) is 0 Å². The van der Waals surface area contributed by atoms with Gasteiger partial charge in [0.1, 0.15) is 0 Å². The van der Waals surface area contributed by atoms with Crippen molar-refractivity contribution >= 4 is 11.9 Å². The fourth-order valence-electron chi connectivity index (χ4n) is 5.93. The van der Waals surface area contributed by atoms with Gasteiger partial charge in [0.25, 0.3) is 0 Å². The number of rotatable bonds is 4. The first kappa shape index (κ1) is 24.9. The summed E-state index contributed by atoms with van der Waals surface area (Å²) in [5.41, 5.74) is 3.09. The predicted octanol–water partition coefficient (Wildman–Crippen LogP) is 7.06. The fourth-order valence-corrected chi connectivity index (χ4v) is 5.93. The highest BCUT2D eigenvalue weighted by Gasteiger charge is 2.54. The normalized spacial score (nSPS) is 21.0. The molecule has 4 aromatic rings. The van der Waals surface area contributed by atoms with Gasteiger partial charge in [-0.3, -0.25) is 0 Å². The van der Waals surface area contributed by atoms with Crippen LogP contribution in [0.1, 0.15) is 65.9 Å². The summed E-state index contributed by atoms with van der Waals surface area (Å²) in [6, 6.07) is 26.8. The molecule has 3 aliphatic carbocycles. The highest BCUT2D eigenvalue weighted by molar-refractivity contribution is 5.92. The molecule has 3 aliphatic rings. The van der Waals surface area contributed by atoms with Gasteiger partial charge in [-0.1, -0.05) is 78.9 Å². The van der Waals surface area contributed by atoms with Gasteiger partial charge in [0.05, 0.1) is 28.5 Å². The monoisotopic (exact) mass is 528 g/mol. The van der Waals surface area contributed by atoms with E-state index in [-0.39, 0.29) is 0 Å². The van der Waals surface area contributed by atoms with E-state index in [0.717, 1.165) is 39.9 Å². The van der Waals surface area contributed by atoms with Crippen molar-refractivity contribution in [1.82, 2.24) is 0 Å². The number of halogens is 3. The van der Waals surface area contributed by atoms with E-state index in [1.54, 1.807) is 25.1 Å². The molecule has 7 rings (SSSR count). The van der Waals surface area contributed by atoms with Crippen LogP contribution in [0.15, 0.2) is 97.1 Å². The molecule has 0 radical (unpaired) electrons. The second kappa shape index (κ2) is 9.42. The van der Waals surface area contributed by atoms with Gasteiger partial charge in [0.2, 0.25) is 0 Å². The topological polar surface area (TPSA) is 52.6 Å². The summed E-state index contributed by atoms with van der Waals surface area (Å²) in [5.74, 6) is -2.70. The van der Waals surface area contributed by atoms with Gasteiger partial charge in [-0.15, -0.1) is 0 Å². The van der Waals surface area contributed by atoms with E-state index in [4.69, 9.17) is 9.47 Å². The number of carbonyl (C=O) groups is 2. The zero-order chi connectivity index (χ0) is 27.3. The molecule has 0 aliphatic heterocycles. The standard InChI is InChI=1S/C32H23F3O4/c1-18-10-2-3-11-19(18)30(36)38-28-26-20-12-4-6-14-22(20)27(23-15-7-5-13-21(23)26)29(28)39-31(37)24-16-8-9-17-25(24)32(33,34)35/h2-17,26-29H,1H3/t26-,27-,28?,29?. The van der Waals surface area contributed by atoms with E-state index >= 15 is 0 Å². The third-order valence-electron chi connectivity index (χ3n) is 7.62. The van der Waals surface area contributed by atoms with Crippen LogP contribution in [0, 0.1) is 6.92 Å². The number of alkyl halides is 3. The quantitative estimate of drug-likeness (QED) is 0.266. The predicted molar refractivity (Wildman–Crippen MR) is 138 cm³/mol. The Labute approximate surface area is 223 Å². The van der Waals surface area contributed by atoms with Crippen LogP contribution >= 0.6 is 0 Å². The van der Waals surface area contributed by atoms with Crippen LogP contribution in [-0.2, 0) is 15.7 Å². The molecule has 0 amide bonds. The van der Waals surface area contributed by atoms with E-state index in [9.17, 15) is 22.8 Å². The molecular weight excluding hydrogens is 505 g/mol. The Kier molecular flexibility index (Phi) is 6.02. The van der Waals surface area contributed by atoms with E-state index in [1.165, 1.54) is 12.1 Å². The third kappa shape index (κ3) is 4.18. The van der Waals surface area contributed by atoms with E-state index in [0.29, 0.717) is 5.56 Å². The molecule has 2 unspecified atom stereocenters. The smallest absolute Gasteiger partial charge is 0.417 e. The first-order valence-corrected chi connectivity index (χ1v) is 12.6. The molecule has 196 valence electrons. The number of carbonyl (C=O) groups excluding carboxylic acids is 2. The lowest BCUT2D eigenvalue weighted by Gasteiger charge is -2.49. The second-order valence-corrected chi connectivity index (χ2v) is 9.81. The minimum absolute atomic E-state index is 0.369. The third-order valence-corrected chi connectivity index (χ3v) is 7.62. The number of hydrogen-bond acceptors (Lipinski definition) is 4. The summed E-state index contributed by atoms with van der Waals surface area (Å²) in [6.45, 7) is 1.79. The van der Waals surface area contributed by atoms with Crippen molar-refractivity contribution < 1.29 is 32.2 Å². The van der Waals surface area contributed by atoms with Gasteiger partial charge in [-0.05, 0) is 52.9 Å². The van der Waals surface area contributed by atoms with Crippen LogP contribution in [0.2, 0.25) is 0 Å². The maximum Gasteiger partial charge on any atom is 0.417 e. The van der Waals surface area contributed by atoms with Crippen molar-refractivity contribution in [2.45, 2.75) is 37.1 Å². The van der Waals surface area contributed by atoms with E-state index < -0.39 is 53.3 Å². The number of benzene rings is 4. The second-order valence-electron chi connectivity index (χ2n) is 9.81. The molecule has 0 spiro atoms. The highest BCUT2D eigenvalue weighted by Crippen LogP contribution is 2.55. The molecule has 7 heteroatoms. The Hall–Kier alpha value is -4.39. The summed E-state index contributed by atoms with van der Waals surface area (Å²) < 4.78 is 53.2. The van der Waals surface area contributed by atoms with Crippen molar-refractivity contribution in [2.24, 2.45) is 0 Å². The zero-order valence-corrected chi connectivity index (χ0v) is 20.8. The lowest BCUT2D eigenvalue weighted by molar-refractivity contribution is -0.138. The van der Waals surface area contributed by atoms with Gasteiger partial charge < -0.3 is 9.47 Å². The molecule has 0 aromatic heterocycles. The lowest BCUT2D eigenvalue weighted by Crippen LogP contribution is -2.51. The van der Waals surface area contributed by atoms with Crippen molar-refractivity contribution in [3.8, 4) is 0 Å². The molecular formula is C32H23F3O4. The molecule has 4 nitrogen and oxygen atoms in total. The summed E-state index contributed by atoms with van der Waals surface area (Å²) in [5, 5.41) is 0. The molecule has 2 bridgehead atoms. The van der Waals surface area contributed by atoms with E-state index in [1.807, 2.05) is 54.6 Å². The van der Waals surface area contributed by atoms with Gasteiger partial charge in [0.15, 0.2) is 12.2 Å². The number of fused-ring (bicyclic) bond motifs is 1. The molecule has 0 saturated heterocycles. The SMILES string of the molecule is Cc1ccccc1C(=O)OC1C(OC(=O)c2ccccc2C(F)(F)F)[C@H]2c3ccccc3[C@H]1c1ccccc12. The minimum atomic E-state index is -4.74. The van der Waals surface area contributed by atoms with E-state index in [2.05, 4.69) is 0 Å². The van der Waals surface area contributed by atoms with Gasteiger partial charge >= 0.3 is 18.1 Å². The molecule has 0 N–H and O–H groups in total. The Balaban J connectivity index is 1.46. The van der Waals surface area contributed by atoms with Crippen molar-refractivity contribution in [1.29, 1.82) is 0 Å². The first-order chi connectivity index (χ1) is 18.8. The van der Waals surface area contributed by atoms with Crippen LogP contribution in [0.5, 0.6) is 0 Å². The Bertz CT molecular complexity index is 1540. The number of esters is 2. The molecule has 0 fully saturated rings. The fraction of sp³-hybridized carbons (Fsp3) is 0.188. The zero-order valence-electron chi connectivity index (χ0n) is 20.8. The summed E-state index contributed by atoms with van der Waals surface area (Å²) in [7, 11) is 0. The Morgan fingerprint density at radius 1 is 0.590 bits per heavy atom. The maximum atomic E-state index is 13.7. The largest absolute Gasteiger partial charge is 0.454 e. The number of aryl methyl sites for hydroxylation is 1. The van der Waals surface area contributed by atoms with Crippen LogP contribution in [-0.4, -0.2) is 24.1 Å². The van der Waals surface area contributed by atoms with Crippen molar-refractivity contribution in [3.63, 3.8) is 0 Å². The van der Waals surface area contributed by atoms with Crippen LogP contribution in [0.25, 0.3) is 0 Å². The summed E-state index contributed by atoms with van der Waals surface area (Å²) >= 11 is 0. The molecule has 0 saturated carbocycles. The van der Waals surface area contributed by atoms with Crippen molar-refractivity contribution in [3.05, 3.63) is 142 Å². The molecule has 4 aromatic carbocycles. The molecule has 39 heavy (non-hydrogen) atoms. The van der Waals surface area contributed by atoms with Gasteiger partial charge in [-0.2, -0.15) is 13.2 Å². The summed E-state index contributed by atoms with van der Waals surface area (Å²) in [4.78, 5) is 26.8. The van der Waals surface area contributed by atoms with Crippen LogP contribution in [0.4, 0.5) is 13.2 Å². The number of hydrogen-bond donors (Lipinski definition) is 0.